The minimum atomic E-state index is 0.548. The molecule has 1 fully saturated rings. The molecule has 0 spiro atoms. The van der Waals surface area contributed by atoms with Crippen LogP contribution in [0.2, 0.25) is 0 Å². The molecule has 3 atom stereocenters. The Kier molecular flexibility index (Phi) is 4.50. The van der Waals surface area contributed by atoms with Gasteiger partial charge in [0.25, 0.3) is 0 Å². The van der Waals surface area contributed by atoms with Crippen molar-refractivity contribution in [2.45, 2.75) is 46.6 Å². The SMILES string of the molecule is CCCNC(c1cc(C)c(Br)cc1C)C1CC1C. The zero-order valence-corrected chi connectivity index (χ0v) is 13.5. The van der Waals surface area contributed by atoms with Gasteiger partial charge in [-0.1, -0.05) is 35.8 Å². The Morgan fingerprint density at radius 2 is 2.00 bits per heavy atom. The van der Waals surface area contributed by atoms with Gasteiger partial charge in [0.1, 0.15) is 0 Å². The monoisotopic (exact) mass is 309 g/mol. The van der Waals surface area contributed by atoms with E-state index in [4.69, 9.17) is 0 Å². The van der Waals surface area contributed by atoms with Crippen LogP contribution in [-0.4, -0.2) is 6.54 Å². The molecule has 100 valence electrons. The van der Waals surface area contributed by atoms with Gasteiger partial charge in [-0.05, 0) is 67.8 Å². The number of benzene rings is 1. The van der Waals surface area contributed by atoms with Crippen molar-refractivity contribution in [3.8, 4) is 0 Å². The molecule has 2 heteroatoms. The molecule has 0 aromatic heterocycles. The van der Waals surface area contributed by atoms with Crippen molar-refractivity contribution in [1.82, 2.24) is 5.32 Å². The Labute approximate surface area is 119 Å². The van der Waals surface area contributed by atoms with E-state index in [1.807, 2.05) is 0 Å². The van der Waals surface area contributed by atoms with Crippen molar-refractivity contribution in [2.24, 2.45) is 11.8 Å². The Hall–Kier alpha value is -0.340. The van der Waals surface area contributed by atoms with E-state index in [1.54, 1.807) is 0 Å². The van der Waals surface area contributed by atoms with E-state index in [-0.39, 0.29) is 0 Å². The molecule has 0 amide bonds. The fraction of sp³-hybridized carbons (Fsp3) is 0.625. The average molecular weight is 310 g/mol. The molecule has 0 saturated heterocycles. The number of halogens is 1. The van der Waals surface area contributed by atoms with E-state index in [0.717, 1.165) is 18.4 Å². The lowest BCUT2D eigenvalue weighted by molar-refractivity contribution is 0.461. The number of hydrogen-bond acceptors (Lipinski definition) is 1. The molecule has 1 saturated carbocycles. The first kappa shape index (κ1) is 14.1. The first-order chi connectivity index (χ1) is 8.54. The molecule has 1 nitrogen and oxygen atoms in total. The van der Waals surface area contributed by atoms with Crippen LogP contribution in [0.1, 0.15) is 49.4 Å². The van der Waals surface area contributed by atoms with Gasteiger partial charge in [0.2, 0.25) is 0 Å². The minimum Gasteiger partial charge on any atom is -0.310 e. The van der Waals surface area contributed by atoms with Gasteiger partial charge in [0.15, 0.2) is 0 Å². The molecule has 2 rings (SSSR count). The summed E-state index contributed by atoms with van der Waals surface area (Å²) in [7, 11) is 0. The van der Waals surface area contributed by atoms with Gasteiger partial charge in [-0.2, -0.15) is 0 Å². The van der Waals surface area contributed by atoms with Crippen LogP contribution in [-0.2, 0) is 0 Å². The van der Waals surface area contributed by atoms with Crippen LogP contribution in [0.3, 0.4) is 0 Å². The molecule has 1 aliphatic carbocycles. The Morgan fingerprint density at radius 1 is 1.33 bits per heavy atom. The highest BCUT2D eigenvalue weighted by atomic mass is 79.9. The lowest BCUT2D eigenvalue weighted by atomic mass is 9.95. The molecular formula is C16H24BrN. The molecule has 0 bridgehead atoms. The van der Waals surface area contributed by atoms with Gasteiger partial charge in [-0.3, -0.25) is 0 Å². The molecule has 0 radical (unpaired) electrons. The highest BCUT2D eigenvalue weighted by Crippen LogP contribution is 2.47. The number of hydrogen-bond donors (Lipinski definition) is 1. The third kappa shape index (κ3) is 2.97. The van der Waals surface area contributed by atoms with Gasteiger partial charge in [0.05, 0.1) is 0 Å². The maximum Gasteiger partial charge on any atom is 0.0354 e. The highest BCUT2D eigenvalue weighted by Gasteiger charge is 2.40. The van der Waals surface area contributed by atoms with Crippen LogP contribution in [0, 0.1) is 25.7 Å². The molecule has 1 N–H and O–H groups in total. The highest BCUT2D eigenvalue weighted by molar-refractivity contribution is 9.10. The number of aryl methyl sites for hydroxylation is 2. The maximum absolute atomic E-state index is 3.75. The summed E-state index contributed by atoms with van der Waals surface area (Å²) < 4.78 is 1.22. The third-order valence-corrected chi connectivity index (χ3v) is 4.95. The van der Waals surface area contributed by atoms with Gasteiger partial charge in [0, 0.05) is 10.5 Å². The van der Waals surface area contributed by atoms with E-state index in [1.165, 1.54) is 34.0 Å². The van der Waals surface area contributed by atoms with Crippen LogP contribution in [0.5, 0.6) is 0 Å². The van der Waals surface area contributed by atoms with Crippen LogP contribution in [0.15, 0.2) is 16.6 Å². The molecule has 0 aliphatic heterocycles. The Morgan fingerprint density at radius 3 is 2.56 bits per heavy atom. The topological polar surface area (TPSA) is 12.0 Å². The summed E-state index contributed by atoms with van der Waals surface area (Å²) in [6, 6.07) is 5.17. The van der Waals surface area contributed by atoms with Crippen LogP contribution < -0.4 is 5.32 Å². The van der Waals surface area contributed by atoms with E-state index in [2.05, 4.69) is 61.1 Å². The first-order valence-corrected chi connectivity index (χ1v) is 7.84. The van der Waals surface area contributed by atoms with Gasteiger partial charge in [-0.25, -0.2) is 0 Å². The predicted molar refractivity (Wildman–Crippen MR) is 81.9 cm³/mol. The van der Waals surface area contributed by atoms with Crippen molar-refractivity contribution in [2.75, 3.05) is 6.54 Å². The molecule has 1 aromatic carbocycles. The average Bonchev–Trinajstić information content (AvgIpc) is 3.03. The molecule has 3 unspecified atom stereocenters. The molecule has 1 aliphatic rings. The zero-order chi connectivity index (χ0) is 13.3. The summed E-state index contributed by atoms with van der Waals surface area (Å²) in [5.41, 5.74) is 4.24. The largest absolute Gasteiger partial charge is 0.310 e. The Balaban J connectivity index is 2.27. The lowest BCUT2D eigenvalue weighted by Crippen LogP contribution is -2.25. The number of rotatable bonds is 5. The van der Waals surface area contributed by atoms with E-state index in [9.17, 15) is 0 Å². The summed E-state index contributed by atoms with van der Waals surface area (Å²) in [6.07, 6.45) is 2.57. The number of nitrogens with one attached hydrogen (secondary N) is 1. The minimum absolute atomic E-state index is 0.548. The van der Waals surface area contributed by atoms with Crippen LogP contribution in [0.4, 0.5) is 0 Å². The first-order valence-electron chi connectivity index (χ1n) is 7.04. The van der Waals surface area contributed by atoms with E-state index in [0.29, 0.717) is 6.04 Å². The van der Waals surface area contributed by atoms with Crippen LogP contribution in [0.25, 0.3) is 0 Å². The van der Waals surface area contributed by atoms with E-state index >= 15 is 0 Å². The quantitative estimate of drug-likeness (QED) is 0.826. The molecular weight excluding hydrogens is 286 g/mol. The van der Waals surface area contributed by atoms with Gasteiger partial charge in [-0.15, -0.1) is 0 Å². The molecule has 0 heterocycles. The summed E-state index contributed by atoms with van der Waals surface area (Å²) in [6.45, 7) is 10.1. The summed E-state index contributed by atoms with van der Waals surface area (Å²) in [5.74, 6) is 1.71. The smallest absolute Gasteiger partial charge is 0.0354 e. The van der Waals surface area contributed by atoms with Crippen molar-refractivity contribution < 1.29 is 0 Å². The van der Waals surface area contributed by atoms with Crippen molar-refractivity contribution in [3.63, 3.8) is 0 Å². The normalized spacial score (nSPS) is 24.1. The second kappa shape index (κ2) is 5.75. The third-order valence-electron chi connectivity index (χ3n) is 4.10. The van der Waals surface area contributed by atoms with E-state index < -0.39 is 0 Å². The summed E-state index contributed by atoms with van der Waals surface area (Å²) >= 11 is 3.63. The van der Waals surface area contributed by atoms with Crippen molar-refractivity contribution in [3.05, 3.63) is 33.3 Å². The van der Waals surface area contributed by atoms with Gasteiger partial charge >= 0.3 is 0 Å². The fourth-order valence-electron chi connectivity index (χ4n) is 2.75. The molecule has 1 aromatic rings. The lowest BCUT2D eigenvalue weighted by Gasteiger charge is -2.22. The van der Waals surface area contributed by atoms with Crippen LogP contribution >= 0.6 is 15.9 Å². The summed E-state index contributed by atoms with van der Waals surface area (Å²) in [4.78, 5) is 0. The zero-order valence-electron chi connectivity index (χ0n) is 11.9. The predicted octanol–water partition coefficient (Wildman–Crippen LogP) is 4.76. The Bertz CT molecular complexity index is 427. The summed E-state index contributed by atoms with van der Waals surface area (Å²) in [5, 5.41) is 3.75. The van der Waals surface area contributed by atoms with Crippen molar-refractivity contribution >= 4 is 15.9 Å². The standard InChI is InChI=1S/C16H24BrN/c1-5-6-18-16(13-7-10(13)2)14-8-12(4)15(17)9-11(14)3/h8-10,13,16,18H,5-7H2,1-4H3. The molecule has 18 heavy (non-hydrogen) atoms. The second-order valence-electron chi connectivity index (χ2n) is 5.77. The maximum atomic E-state index is 3.75. The van der Waals surface area contributed by atoms with Gasteiger partial charge < -0.3 is 5.32 Å². The second-order valence-corrected chi connectivity index (χ2v) is 6.62. The van der Waals surface area contributed by atoms with Crippen molar-refractivity contribution in [1.29, 1.82) is 0 Å². The fourth-order valence-corrected chi connectivity index (χ4v) is 3.20.